The number of halogens is 1. The lowest BCUT2D eigenvalue weighted by atomic mass is 10.0. The number of non-ortho nitro benzene ring substituents is 1. The third-order valence-corrected chi connectivity index (χ3v) is 5.26. The van der Waals surface area contributed by atoms with Crippen molar-refractivity contribution in [3.05, 3.63) is 57.1 Å². The zero-order valence-corrected chi connectivity index (χ0v) is 16.9. The van der Waals surface area contributed by atoms with Gasteiger partial charge in [0.15, 0.2) is 0 Å². The predicted molar refractivity (Wildman–Crippen MR) is 110 cm³/mol. The first-order chi connectivity index (χ1) is 13.9. The van der Waals surface area contributed by atoms with Gasteiger partial charge in [0.1, 0.15) is 11.5 Å². The molecule has 2 aromatic carbocycles. The first-order valence-electron chi connectivity index (χ1n) is 9.12. The maximum Gasteiger partial charge on any atom is 0.271 e. The maximum atomic E-state index is 12.6. The number of ether oxygens (including phenoxy) is 2. The van der Waals surface area contributed by atoms with Crippen molar-refractivity contribution in [3.63, 3.8) is 0 Å². The molecule has 0 spiro atoms. The molecule has 1 atom stereocenters. The number of benzene rings is 2. The highest BCUT2D eigenvalue weighted by Gasteiger charge is 2.30. The summed E-state index contributed by atoms with van der Waals surface area (Å²) in [4.78, 5) is 25.0. The standard InChI is InChI=1S/C20H22ClN3O5/c1-28-14-6-8-19(29-2)15(11-14)18-4-3-9-23(18)12-20(25)22-17-7-5-13(24(26)27)10-16(17)21/h5-8,10-11,18H,3-4,9,12H2,1-2H3,(H,22,25)/t18-/m0/s1. The van der Waals surface area contributed by atoms with E-state index >= 15 is 0 Å². The van der Waals surface area contributed by atoms with Crippen LogP contribution in [0.2, 0.25) is 5.02 Å². The van der Waals surface area contributed by atoms with E-state index in [0.29, 0.717) is 5.69 Å². The van der Waals surface area contributed by atoms with Gasteiger partial charge < -0.3 is 14.8 Å². The monoisotopic (exact) mass is 419 g/mol. The molecule has 0 aliphatic carbocycles. The van der Waals surface area contributed by atoms with Gasteiger partial charge in [0.2, 0.25) is 5.91 Å². The quantitative estimate of drug-likeness (QED) is 0.537. The van der Waals surface area contributed by atoms with E-state index in [1.165, 1.54) is 18.2 Å². The number of amides is 1. The Kier molecular flexibility index (Phi) is 6.56. The van der Waals surface area contributed by atoms with Crippen LogP contribution >= 0.6 is 11.6 Å². The van der Waals surface area contributed by atoms with Gasteiger partial charge in [0, 0.05) is 23.7 Å². The fraction of sp³-hybridized carbons (Fsp3) is 0.350. The van der Waals surface area contributed by atoms with Crippen LogP contribution in [0.15, 0.2) is 36.4 Å². The summed E-state index contributed by atoms with van der Waals surface area (Å²) < 4.78 is 10.8. The molecule has 29 heavy (non-hydrogen) atoms. The van der Waals surface area contributed by atoms with Gasteiger partial charge in [-0.15, -0.1) is 0 Å². The minimum absolute atomic E-state index is 0.0260. The predicted octanol–water partition coefficient (Wildman–Crippen LogP) is 4.04. The summed E-state index contributed by atoms with van der Waals surface area (Å²) in [6, 6.07) is 9.63. The zero-order chi connectivity index (χ0) is 21.0. The van der Waals surface area contributed by atoms with Crippen molar-refractivity contribution >= 4 is 28.9 Å². The second-order valence-electron chi connectivity index (χ2n) is 6.71. The Bertz CT molecular complexity index is 921. The summed E-state index contributed by atoms with van der Waals surface area (Å²) in [5, 5.41) is 13.7. The van der Waals surface area contributed by atoms with Crippen molar-refractivity contribution in [2.75, 3.05) is 32.6 Å². The summed E-state index contributed by atoms with van der Waals surface area (Å²) >= 11 is 6.07. The van der Waals surface area contributed by atoms with Gasteiger partial charge in [0.25, 0.3) is 5.69 Å². The Labute approximate surface area is 173 Å². The zero-order valence-electron chi connectivity index (χ0n) is 16.2. The highest BCUT2D eigenvalue weighted by atomic mass is 35.5. The average Bonchev–Trinajstić information content (AvgIpc) is 3.16. The van der Waals surface area contributed by atoms with Crippen LogP contribution in [-0.4, -0.2) is 43.0 Å². The molecule has 0 radical (unpaired) electrons. The third-order valence-electron chi connectivity index (χ3n) is 4.94. The van der Waals surface area contributed by atoms with Crippen molar-refractivity contribution in [1.29, 1.82) is 0 Å². The maximum absolute atomic E-state index is 12.6. The van der Waals surface area contributed by atoms with Gasteiger partial charge in [-0.2, -0.15) is 0 Å². The van der Waals surface area contributed by atoms with Crippen molar-refractivity contribution in [3.8, 4) is 11.5 Å². The van der Waals surface area contributed by atoms with Crippen molar-refractivity contribution in [1.82, 2.24) is 4.90 Å². The molecule has 1 N–H and O–H groups in total. The first kappa shape index (κ1) is 20.9. The number of hydrogen-bond donors (Lipinski definition) is 1. The Hall–Kier alpha value is -2.84. The molecule has 9 heteroatoms. The summed E-state index contributed by atoms with van der Waals surface area (Å²) in [7, 11) is 3.23. The number of carbonyl (C=O) groups is 1. The van der Waals surface area contributed by atoms with Crippen molar-refractivity contribution in [2.45, 2.75) is 18.9 Å². The molecular formula is C20H22ClN3O5. The van der Waals surface area contributed by atoms with Gasteiger partial charge in [-0.1, -0.05) is 11.6 Å². The number of nitro benzene ring substituents is 1. The molecule has 1 fully saturated rings. The number of hydrogen-bond acceptors (Lipinski definition) is 6. The van der Waals surface area contributed by atoms with E-state index in [1.807, 2.05) is 18.2 Å². The van der Waals surface area contributed by atoms with Gasteiger partial charge in [-0.3, -0.25) is 19.8 Å². The van der Waals surface area contributed by atoms with Crippen molar-refractivity contribution in [2.24, 2.45) is 0 Å². The van der Waals surface area contributed by atoms with Gasteiger partial charge in [0.05, 0.1) is 36.4 Å². The van der Waals surface area contributed by atoms with Gasteiger partial charge in [-0.05, 0) is 43.7 Å². The largest absolute Gasteiger partial charge is 0.497 e. The molecule has 0 saturated carbocycles. The van der Waals surface area contributed by atoms with E-state index in [1.54, 1.807) is 14.2 Å². The van der Waals surface area contributed by atoms with Crippen LogP contribution in [0.5, 0.6) is 11.5 Å². The Morgan fingerprint density at radius 1 is 1.28 bits per heavy atom. The number of carbonyl (C=O) groups excluding carboxylic acids is 1. The molecule has 3 rings (SSSR count). The molecule has 8 nitrogen and oxygen atoms in total. The molecule has 1 aliphatic rings. The highest BCUT2D eigenvalue weighted by Crippen LogP contribution is 2.38. The first-order valence-corrected chi connectivity index (χ1v) is 9.50. The molecule has 1 amide bonds. The molecule has 154 valence electrons. The van der Waals surface area contributed by atoms with E-state index in [-0.39, 0.29) is 29.2 Å². The topological polar surface area (TPSA) is 93.9 Å². The fourth-order valence-electron chi connectivity index (χ4n) is 3.56. The second-order valence-corrected chi connectivity index (χ2v) is 7.11. The van der Waals surface area contributed by atoms with Gasteiger partial charge in [-0.25, -0.2) is 0 Å². The van der Waals surface area contributed by atoms with Crippen LogP contribution in [-0.2, 0) is 4.79 Å². The van der Waals surface area contributed by atoms with Crippen LogP contribution in [0.3, 0.4) is 0 Å². The number of rotatable bonds is 7. The lowest BCUT2D eigenvalue weighted by Crippen LogP contribution is -2.33. The van der Waals surface area contributed by atoms with E-state index in [0.717, 1.165) is 36.4 Å². The van der Waals surface area contributed by atoms with E-state index in [2.05, 4.69) is 10.2 Å². The number of likely N-dealkylation sites (tertiary alicyclic amines) is 1. The second kappa shape index (κ2) is 9.11. The van der Waals surface area contributed by atoms with E-state index in [4.69, 9.17) is 21.1 Å². The summed E-state index contributed by atoms with van der Waals surface area (Å²) in [5.41, 5.74) is 1.19. The SMILES string of the molecule is COc1ccc(OC)c([C@@H]2CCCN2CC(=O)Nc2ccc([N+](=O)[O-])cc2Cl)c1. The molecule has 0 bridgehead atoms. The Morgan fingerprint density at radius 3 is 2.72 bits per heavy atom. The van der Waals surface area contributed by atoms with Crippen LogP contribution in [0.1, 0.15) is 24.4 Å². The smallest absolute Gasteiger partial charge is 0.271 e. The molecule has 1 saturated heterocycles. The third kappa shape index (κ3) is 4.78. The number of anilines is 1. The minimum atomic E-state index is -0.534. The van der Waals surface area contributed by atoms with Crippen LogP contribution in [0.4, 0.5) is 11.4 Å². The molecule has 2 aromatic rings. The summed E-state index contributed by atoms with van der Waals surface area (Å²) in [6.45, 7) is 0.935. The molecule has 1 heterocycles. The number of nitro groups is 1. The Balaban J connectivity index is 1.73. The van der Waals surface area contributed by atoms with Crippen LogP contribution in [0.25, 0.3) is 0 Å². The minimum Gasteiger partial charge on any atom is -0.497 e. The van der Waals surface area contributed by atoms with Crippen LogP contribution < -0.4 is 14.8 Å². The number of nitrogens with one attached hydrogen (secondary N) is 1. The molecule has 1 aliphatic heterocycles. The molecule has 0 unspecified atom stereocenters. The highest BCUT2D eigenvalue weighted by molar-refractivity contribution is 6.34. The summed E-state index contributed by atoms with van der Waals surface area (Å²) in [6.07, 6.45) is 1.85. The normalized spacial score (nSPS) is 16.4. The van der Waals surface area contributed by atoms with Crippen LogP contribution in [0, 0.1) is 10.1 Å². The summed E-state index contributed by atoms with van der Waals surface area (Å²) in [5.74, 6) is 1.24. The fourth-order valence-corrected chi connectivity index (χ4v) is 3.78. The lowest BCUT2D eigenvalue weighted by molar-refractivity contribution is -0.384. The van der Waals surface area contributed by atoms with E-state index < -0.39 is 4.92 Å². The molecule has 0 aromatic heterocycles. The lowest BCUT2D eigenvalue weighted by Gasteiger charge is -2.26. The number of methoxy groups -OCH3 is 2. The van der Waals surface area contributed by atoms with E-state index in [9.17, 15) is 14.9 Å². The van der Waals surface area contributed by atoms with Crippen molar-refractivity contribution < 1.29 is 19.2 Å². The average molecular weight is 420 g/mol. The molecular weight excluding hydrogens is 398 g/mol. The number of nitrogens with zero attached hydrogens (tertiary/aromatic N) is 2. The van der Waals surface area contributed by atoms with Gasteiger partial charge >= 0.3 is 0 Å². The Morgan fingerprint density at radius 2 is 2.07 bits per heavy atom.